The van der Waals surface area contributed by atoms with Crippen LogP contribution in [0, 0.1) is 0 Å². The van der Waals surface area contributed by atoms with Gasteiger partial charge in [-0.25, -0.2) is 4.57 Å². The lowest BCUT2D eigenvalue weighted by molar-refractivity contribution is -0.161. The monoisotopic (exact) mass is 877 g/mol. The number of carbonyl (C=O) groups is 2. The molecule has 0 heterocycles. The highest BCUT2D eigenvalue weighted by molar-refractivity contribution is 7.47. The molecule has 0 rings (SSSR count). The van der Waals surface area contributed by atoms with Gasteiger partial charge >= 0.3 is 19.8 Å². The van der Waals surface area contributed by atoms with E-state index in [0.29, 0.717) is 12.8 Å². The third-order valence-electron chi connectivity index (χ3n) is 8.63. The van der Waals surface area contributed by atoms with Crippen molar-refractivity contribution < 1.29 is 58.0 Å². The molecule has 5 N–H and O–H groups in total. The molecule has 0 aliphatic heterocycles. The number of carbonyl (C=O) groups excluding carboxylic acids is 2. The molecule has 0 amide bonds. The number of phosphoric ester groups is 1. The van der Waals surface area contributed by atoms with Gasteiger partial charge in [-0.1, -0.05) is 136 Å². The zero-order valence-corrected chi connectivity index (χ0v) is 37.7. The Morgan fingerprint density at radius 1 is 0.557 bits per heavy atom. The number of aliphatic hydroxyl groups excluding tert-OH is 4. The molecule has 0 fully saturated rings. The molecule has 0 saturated heterocycles. The van der Waals surface area contributed by atoms with Gasteiger partial charge in [0, 0.05) is 12.8 Å². The van der Waals surface area contributed by atoms with Crippen LogP contribution in [-0.4, -0.2) is 88.1 Å². The first kappa shape index (κ1) is 57.5. The van der Waals surface area contributed by atoms with Crippen molar-refractivity contribution >= 4 is 19.8 Å². The molecule has 5 atom stereocenters. The van der Waals surface area contributed by atoms with Crippen LogP contribution in [0.2, 0.25) is 0 Å². The van der Waals surface area contributed by atoms with Gasteiger partial charge in [-0.3, -0.25) is 18.6 Å². The van der Waals surface area contributed by atoms with Crippen LogP contribution in [-0.2, 0) is 32.7 Å². The quantitative estimate of drug-likeness (QED) is 0.0170. The summed E-state index contributed by atoms with van der Waals surface area (Å²) >= 11 is 0. The van der Waals surface area contributed by atoms with E-state index in [4.69, 9.17) is 19.1 Å². The molecule has 0 aromatic heterocycles. The van der Waals surface area contributed by atoms with E-state index < -0.39 is 70.6 Å². The molecule has 0 radical (unpaired) electrons. The van der Waals surface area contributed by atoms with Crippen LogP contribution in [0.15, 0.2) is 109 Å². The van der Waals surface area contributed by atoms with Crippen molar-refractivity contribution in [3.63, 3.8) is 0 Å². The molecule has 3 unspecified atom stereocenters. The van der Waals surface area contributed by atoms with E-state index in [1.165, 1.54) is 19.3 Å². The van der Waals surface area contributed by atoms with Crippen LogP contribution >= 0.6 is 7.82 Å². The summed E-state index contributed by atoms with van der Waals surface area (Å²) in [4.78, 5) is 35.0. The molecule has 0 aromatic rings. The lowest BCUT2D eigenvalue weighted by Crippen LogP contribution is -2.30. The van der Waals surface area contributed by atoms with Gasteiger partial charge in [0.05, 0.1) is 32.0 Å². The minimum Gasteiger partial charge on any atom is -0.462 e. The van der Waals surface area contributed by atoms with Crippen molar-refractivity contribution in [1.29, 1.82) is 0 Å². The maximum atomic E-state index is 12.6. The Kier molecular flexibility index (Phi) is 39.5. The average Bonchev–Trinajstić information content (AvgIpc) is 3.24. The van der Waals surface area contributed by atoms with E-state index in [0.717, 1.165) is 51.4 Å². The van der Waals surface area contributed by atoms with E-state index in [2.05, 4.69) is 91.3 Å². The van der Waals surface area contributed by atoms with Gasteiger partial charge in [0.15, 0.2) is 6.10 Å². The number of aliphatic hydroxyl groups is 4. The number of rotatable bonds is 39. The third-order valence-corrected chi connectivity index (χ3v) is 9.58. The number of allylic oxidation sites excluding steroid dienone is 17. The third kappa shape index (κ3) is 40.4. The van der Waals surface area contributed by atoms with Gasteiger partial charge in [0.2, 0.25) is 0 Å². The summed E-state index contributed by atoms with van der Waals surface area (Å²) in [6.45, 7) is 1.79. The van der Waals surface area contributed by atoms with Gasteiger partial charge in [-0.2, -0.15) is 0 Å². The first-order valence-electron chi connectivity index (χ1n) is 22.0. The van der Waals surface area contributed by atoms with Crippen molar-refractivity contribution in [3.05, 3.63) is 109 Å². The maximum Gasteiger partial charge on any atom is 0.472 e. The number of unbranched alkanes of at least 4 members (excludes halogenated alkanes) is 3. The summed E-state index contributed by atoms with van der Waals surface area (Å²) in [6, 6.07) is 0. The zero-order chi connectivity index (χ0) is 45.1. The van der Waals surface area contributed by atoms with Gasteiger partial charge in [0.1, 0.15) is 12.7 Å². The van der Waals surface area contributed by atoms with Crippen LogP contribution in [0.1, 0.15) is 129 Å². The highest BCUT2D eigenvalue weighted by atomic mass is 31.2. The molecule has 13 heteroatoms. The van der Waals surface area contributed by atoms with E-state index in [1.807, 2.05) is 36.5 Å². The summed E-state index contributed by atoms with van der Waals surface area (Å²) in [5, 5.41) is 39.0. The number of ether oxygens (including phenoxy) is 2. The molecular weight excluding hydrogens is 799 g/mol. The summed E-state index contributed by atoms with van der Waals surface area (Å²) < 4.78 is 32.4. The summed E-state index contributed by atoms with van der Waals surface area (Å²) in [5.41, 5.74) is 0. The standard InChI is InChI=1S/C48H77O12P/c1-3-5-7-9-11-13-15-17-18-19-20-21-22-23-25-27-29-31-33-37-48(54)60-44(42-59-61(55,56)58-40-43(50)39-49)41-57-47(53)38-34-36-46(52)45(51)35-32-30-28-26-24-16-14-12-10-8-6-4-2/h5,7,11-14,17-18,20-21,23-26,29-32,43-46,49-52H,3-4,6,8-10,15-16,19,22,27-28,33-42H2,1-2H3,(H,55,56)/b7-5-,13-11-,14-12-,18-17-,21-20-,25-23-,26-24-,31-29-,32-30-/t43-,44+,45?,46?/m0/s1. The molecular formula is C48H77O12P. The Balaban J connectivity index is 4.67. The predicted octanol–water partition coefficient (Wildman–Crippen LogP) is 9.72. The molecule has 0 aliphatic carbocycles. The highest BCUT2D eigenvalue weighted by Gasteiger charge is 2.27. The maximum absolute atomic E-state index is 12.6. The second-order valence-electron chi connectivity index (χ2n) is 14.3. The van der Waals surface area contributed by atoms with Gasteiger partial charge < -0.3 is 34.8 Å². The lowest BCUT2D eigenvalue weighted by atomic mass is 10.0. The second-order valence-corrected chi connectivity index (χ2v) is 15.7. The SMILES string of the molecule is CC/C=C\C/C=C\C/C=C\C/C=C\C/C=C\C/C=C\CCC(=O)O[C@H](COC(=O)CCCC(O)C(O)C/C=C\C/C=C\C/C=C\CCCCC)COP(=O)(O)OC[C@@H](O)CO. The topological polar surface area (TPSA) is 189 Å². The number of hydrogen-bond acceptors (Lipinski definition) is 11. The van der Waals surface area contributed by atoms with E-state index >= 15 is 0 Å². The largest absolute Gasteiger partial charge is 0.472 e. The van der Waals surface area contributed by atoms with E-state index in [1.54, 1.807) is 0 Å². The van der Waals surface area contributed by atoms with E-state index in [-0.39, 0.29) is 32.1 Å². The Hall–Kier alpha value is -3.45. The fourth-order valence-corrected chi connectivity index (χ4v) is 5.91. The second kappa shape index (κ2) is 41.9. The molecule has 0 aromatic carbocycles. The zero-order valence-electron chi connectivity index (χ0n) is 36.8. The molecule has 0 spiro atoms. The van der Waals surface area contributed by atoms with Gasteiger partial charge in [-0.05, 0) is 89.9 Å². The van der Waals surface area contributed by atoms with Crippen molar-refractivity contribution in [3.8, 4) is 0 Å². The van der Waals surface area contributed by atoms with Crippen molar-refractivity contribution in [1.82, 2.24) is 0 Å². The normalized spacial score (nSPS) is 15.9. The van der Waals surface area contributed by atoms with Crippen LogP contribution in [0.3, 0.4) is 0 Å². The molecule has 61 heavy (non-hydrogen) atoms. The fraction of sp³-hybridized carbons (Fsp3) is 0.583. The van der Waals surface area contributed by atoms with Crippen molar-refractivity contribution in [2.45, 2.75) is 154 Å². The molecule has 12 nitrogen and oxygen atoms in total. The van der Waals surface area contributed by atoms with Crippen molar-refractivity contribution in [2.24, 2.45) is 0 Å². The van der Waals surface area contributed by atoms with Crippen LogP contribution < -0.4 is 0 Å². The predicted molar refractivity (Wildman–Crippen MR) is 244 cm³/mol. The van der Waals surface area contributed by atoms with E-state index in [9.17, 15) is 34.4 Å². The minimum atomic E-state index is -4.72. The van der Waals surface area contributed by atoms with Crippen LogP contribution in [0.25, 0.3) is 0 Å². The summed E-state index contributed by atoms with van der Waals surface area (Å²) in [7, 11) is -4.72. The van der Waals surface area contributed by atoms with Crippen molar-refractivity contribution in [2.75, 3.05) is 26.4 Å². The number of phosphoric acid groups is 1. The van der Waals surface area contributed by atoms with Gasteiger partial charge in [-0.15, -0.1) is 0 Å². The van der Waals surface area contributed by atoms with Crippen LogP contribution in [0.5, 0.6) is 0 Å². The Morgan fingerprint density at radius 3 is 1.57 bits per heavy atom. The Bertz CT molecular complexity index is 1410. The Morgan fingerprint density at radius 2 is 1.05 bits per heavy atom. The Labute approximate surface area is 366 Å². The number of esters is 2. The first-order chi connectivity index (χ1) is 29.5. The fourth-order valence-electron chi connectivity index (χ4n) is 5.12. The summed E-state index contributed by atoms with van der Waals surface area (Å²) in [6.07, 6.45) is 45.2. The van der Waals surface area contributed by atoms with Crippen LogP contribution in [0.4, 0.5) is 0 Å². The smallest absolute Gasteiger partial charge is 0.462 e. The molecule has 0 saturated carbocycles. The first-order valence-corrected chi connectivity index (χ1v) is 23.5. The van der Waals surface area contributed by atoms with Gasteiger partial charge in [0.25, 0.3) is 0 Å². The number of hydrogen-bond donors (Lipinski definition) is 5. The minimum absolute atomic E-state index is 0.00839. The highest BCUT2D eigenvalue weighted by Crippen LogP contribution is 2.43. The molecule has 0 bridgehead atoms. The molecule has 0 aliphatic rings. The summed E-state index contributed by atoms with van der Waals surface area (Å²) in [5.74, 6) is -1.32. The lowest BCUT2D eigenvalue weighted by Gasteiger charge is -2.20. The molecule has 346 valence electrons. The average molecular weight is 877 g/mol.